The molecule has 8 heteroatoms. The van der Waals surface area contributed by atoms with E-state index in [4.69, 9.17) is 4.74 Å². The van der Waals surface area contributed by atoms with Crippen molar-refractivity contribution in [2.75, 3.05) is 12.9 Å². The van der Waals surface area contributed by atoms with Crippen LogP contribution in [0.1, 0.15) is 31.0 Å². The van der Waals surface area contributed by atoms with Crippen LogP contribution in [0.25, 0.3) is 17.1 Å². The lowest BCUT2D eigenvalue weighted by Gasteiger charge is -2.15. The van der Waals surface area contributed by atoms with E-state index in [2.05, 4.69) is 51.7 Å². The van der Waals surface area contributed by atoms with Gasteiger partial charge in [-0.1, -0.05) is 43.0 Å². The lowest BCUT2D eigenvalue weighted by atomic mass is 10.1. The lowest BCUT2D eigenvalue weighted by molar-refractivity contribution is -0.119. The number of methoxy groups -OCH3 is 1. The first-order chi connectivity index (χ1) is 16.6. The Morgan fingerprint density at radius 2 is 1.74 bits per heavy atom. The van der Waals surface area contributed by atoms with Gasteiger partial charge in [0.05, 0.1) is 18.9 Å². The molecule has 1 N–H and O–H groups in total. The Morgan fingerprint density at radius 1 is 1.03 bits per heavy atom. The van der Waals surface area contributed by atoms with Gasteiger partial charge in [-0.2, -0.15) is 0 Å². The summed E-state index contributed by atoms with van der Waals surface area (Å²) in [5, 5.41) is 12.5. The molecule has 1 unspecified atom stereocenters. The Hall–Kier alpha value is -3.65. The van der Waals surface area contributed by atoms with Gasteiger partial charge in [-0.15, -0.1) is 10.2 Å². The van der Waals surface area contributed by atoms with Crippen LogP contribution in [0.4, 0.5) is 0 Å². The minimum Gasteiger partial charge on any atom is -0.497 e. The summed E-state index contributed by atoms with van der Waals surface area (Å²) in [4.78, 5) is 16.8. The predicted octanol–water partition coefficient (Wildman–Crippen LogP) is 4.87. The van der Waals surface area contributed by atoms with Gasteiger partial charge in [-0.05, 0) is 60.9 Å². The molecular formula is C26H27N5O2S. The van der Waals surface area contributed by atoms with Crippen LogP contribution in [-0.4, -0.2) is 38.5 Å². The molecule has 0 aliphatic heterocycles. The summed E-state index contributed by atoms with van der Waals surface area (Å²) < 4.78 is 7.23. The van der Waals surface area contributed by atoms with Crippen LogP contribution < -0.4 is 10.1 Å². The van der Waals surface area contributed by atoms with Gasteiger partial charge in [0.2, 0.25) is 5.91 Å². The van der Waals surface area contributed by atoms with Crippen molar-refractivity contribution in [1.82, 2.24) is 25.1 Å². The maximum atomic E-state index is 12.7. The quantitative estimate of drug-likeness (QED) is 0.349. The third kappa shape index (κ3) is 5.46. The molecule has 0 spiro atoms. The molecule has 2 aromatic carbocycles. The first-order valence-electron chi connectivity index (χ1n) is 11.1. The molecule has 4 rings (SSSR count). The molecule has 0 fully saturated rings. The zero-order valence-corrected chi connectivity index (χ0v) is 20.2. The van der Waals surface area contributed by atoms with Gasteiger partial charge in [-0.3, -0.25) is 14.3 Å². The number of benzene rings is 2. The molecule has 0 aliphatic carbocycles. The minimum atomic E-state index is -0.0779. The standard InChI is InChI=1S/C26H27N5O2S/c1-4-19-5-7-20(8-6-19)18(2)28-24(32)17-34-26-30-29-25(21-13-15-27-16-14-21)31(26)22-9-11-23(33-3)12-10-22/h5-16,18H,4,17H2,1-3H3,(H,28,32). The van der Waals surface area contributed by atoms with Crippen LogP contribution in [0, 0.1) is 0 Å². The number of hydrogen-bond donors (Lipinski definition) is 1. The van der Waals surface area contributed by atoms with E-state index >= 15 is 0 Å². The third-order valence-electron chi connectivity index (χ3n) is 5.50. The molecular weight excluding hydrogens is 446 g/mol. The Balaban J connectivity index is 1.51. The summed E-state index contributed by atoms with van der Waals surface area (Å²) in [5.74, 6) is 1.60. The maximum Gasteiger partial charge on any atom is 0.230 e. The number of aryl methyl sites for hydroxylation is 1. The highest BCUT2D eigenvalue weighted by Gasteiger charge is 2.18. The molecule has 34 heavy (non-hydrogen) atoms. The number of amides is 1. The van der Waals surface area contributed by atoms with Crippen molar-refractivity contribution in [1.29, 1.82) is 0 Å². The first kappa shape index (κ1) is 23.5. The number of carbonyl (C=O) groups is 1. The Labute approximate surface area is 203 Å². The molecule has 4 aromatic rings. The zero-order chi connectivity index (χ0) is 23.9. The summed E-state index contributed by atoms with van der Waals surface area (Å²) in [7, 11) is 1.63. The SMILES string of the molecule is CCc1ccc(C(C)NC(=O)CSc2nnc(-c3ccncc3)n2-c2ccc(OC)cc2)cc1. The van der Waals surface area contributed by atoms with E-state index in [0.29, 0.717) is 11.0 Å². The number of hydrogen-bond acceptors (Lipinski definition) is 6. The molecule has 0 saturated heterocycles. The van der Waals surface area contributed by atoms with Crippen molar-refractivity contribution in [2.24, 2.45) is 0 Å². The fourth-order valence-corrected chi connectivity index (χ4v) is 4.32. The van der Waals surface area contributed by atoms with Crippen molar-refractivity contribution < 1.29 is 9.53 Å². The largest absolute Gasteiger partial charge is 0.497 e. The summed E-state index contributed by atoms with van der Waals surface area (Å²) in [6, 6.07) is 19.7. The van der Waals surface area contributed by atoms with E-state index in [9.17, 15) is 4.79 Å². The van der Waals surface area contributed by atoms with Crippen LogP contribution in [-0.2, 0) is 11.2 Å². The fraction of sp³-hybridized carbons (Fsp3) is 0.231. The van der Waals surface area contributed by atoms with Gasteiger partial charge >= 0.3 is 0 Å². The Bertz CT molecular complexity index is 1220. The highest BCUT2D eigenvalue weighted by atomic mass is 32.2. The molecule has 2 aromatic heterocycles. The second-order valence-electron chi connectivity index (χ2n) is 7.75. The molecule has 7 nitrogen and oxygen atoms in total. The molecule has 2 heterocycles. The van der Waals surface area contributed by atoms with E-state index in [1.165, 1.54) is 17.3 Å². The van der Waals surface area contributed by atoms with Crippen molar-refractivity contribution in [3.8, 4) is 22.8 Å². The second-order valence-corrected chi connectivity index (χ2v) is 8.69. The summed E-state index contributed by atoms with van der Waals surface area (Å²) in [6.07, 6.45) is 4.43. The summed E-state index contributed by atoms with van der Waals surface area (Å²) in [6.45, 7) is 4.12. The van der Waals surface area contributed by atoms with Crippen molar-refractivity contribution in [3.05, 3.63) is 84.2 Å². The number of carbonyl (C=O) groups excluding carboxylic acids is 1. The first-order valence-corrected chi connectivity index (χ1v) is 12.1. The molecule has 1 atom stereocenters. The normalized spacial score (nSPS) is 11.7. The number of nitrogens with one attached hydrogen (secondary N) is 1. The highest BCUT2D eigenvalue weighted by Crippen LogP contribution is 2.28. The van der Waals surface area contributed by atoms with Gasteiger partial charge in [0.25, 0.3) is 0 Å². The summed E-state index contributed by atoms with van der Waals surface area (Å²) >= 11 is 1.35. The predicted molar refractivity (Wildman–Crippen MR) is 134 cm³/mol. The van der Waals surface area contributed by atoms with E-state index < -0.39 is 0 Å². The van der Waals surface area contributed by atoms with Crippen LogP contribution in [0.5, 0.6) is 5.75 Å². The average molecular weight is 474 g/mol. The molecule has 0 saturated carbocycles. The number of aromatic nitrogens is 4. The van der Waals surface area contributed by atoms with E-state index in [-0.39, 0.29) is 17.7 Å². The molecule has 1 amide bonds. The number of pyridine rings is 1. The van der Waals surface area contributed by atoms with Crippen molar-refractivity contribution >= 4 is 17.7 Å². The monoisotopic (exact) mass is 473 g/mol. The van der Waals surface area contributed by atoms with Gasteiger partial charge in [0, 0.05) is 23.6 Å². The van der Waals surface area contributed by atoms with Gasteiger partial charge in [0.1, 0.15) is 5.75 Å². The van der Waals surface area contributed by atoms with Crippen molar-refractivity contribution in [2.45, 2.75) is 31.5 Å². The van der Waals surface area contributed by atoms with E-state index in [1.807, 2.05) is 47.9 Å². The highest BCUT2D eigenvalue weighted by molar-refractivity contribution is 7.99. The molecule has 174 valence electrons. The van der Waals surface area contributed by atoms with Crippen LogP contribution in [0.3, 0.4) is 0 Å². The fourth-order valence-electron chi connectivity index (χ4n) is 3.55. The number of ether oxygens (including phenoxy) is 1. The Kier molecular flexibility index (Phi) is 7.59. The summed E-state index contributed by atoms with van der Waals surface area (Å²) in [5.41, 5.74) is 4.13. The number of nitrogens with zero attached hydrogens (tertiary/aromatic N) is 4. The molecule has 0 aliphatic rings. The molecule has 0 bridgehead atoms. The maximum absolute atomic E-state index is 12.7. The van der Waals surface area contributed by atoms with Crippen LogP contribution >= 0.6 is 11.8 Å². The Morgan fingerprint density at radius 3 is 2.38 bits per heavy atom. The molecule has 0 radical (unpaired) electrons. The average Bonchev–Trinajstić information content (AvgIpc) is 3.32. The minimum absolute atomic E-state index is 0.0631. The smallest absolute Gasteiger partial charge is 0.230 e. The van der Waals surface area contributed by atoms with Crippen molar-refractivity contribution in [3.63, 3.8) is 0 Å². The van der Waals surface area contributed by atoms with Gasteiger partial charge < -0.3 is 10.1 Å². The zero-order valence-electron chi connectivity index (χ0n) is 19.4. The van der Waals surface area contributed by atoms with Gasteiger partial charge in [0.15, 0.2) is 11.0 Å². The second kappa shape index (κ2) is 11.0. The number of thioether (sulfide) groups is 1. The third-order valence-corrected chi connectivity index (χ3v) is 6.43. The van der Waals surface area contributed by atoms with Gasteiger partial charge in [-0.25, -0.2) is 0 Å². The topological polar surface area (TPSA) is 81.9 Å². The van der Waals surface area contributed by atoms with Crippen LogP contribution in [0.15, 0.2) is 78.2 Å². The lowest BCUT2D eigenvalue weighted by Crippen LogP contribution is -2.28. The van der Waals surface area contributed by atoms with E-state index in [0.717, 1.165) is 29.0 Å². The van der Waals surface area contributed by atoms with E-state index in [1.54, 1.807) is 19.5 Å². The number of rotatable bonds is 9. The van der Waals surface area contributed by atoms with Crippen LogP contribution in [0.2, 0.25) is 0 Å².